The van der Waals surface area contributed by atoms with Gasteiger partial charge in [-0.2, -0.15) is 0 Å². The fourth-order valence-corrected chi connectivity index (χ4v) is 2.26. The molecule has 0 N–H and O–H groups in total. The fraction of sp³-hybridized carbons (Fsp3) is 0.250. The largest absolute Gasteiger partial charge is 0.459 e. The third-order valence-electron chi connectivity index (χ3n) is 3.59. The molecule has 7 nitrogen and oxygen atoms in total. The van der Waals surface area contributed by atoms with Gasteiger partial charge in [0.15, 0.2) is 0 Å². The average Bonchev–Trinajstić information content (AvgIpc) is 2.87. The number of hydrogen-bond acceptors (Lipinski definition) is 6. The Hall–Kier alpha value is -2.96. The second-order valence-electron chi connectivity index (χ2n) is 5.16. The highest BCUT2D eigenvalue weighted by Gasteiger charge is 2.13. The summed E-state index contributed by atoms with van der Waals surface area (Å²) in [6.07, 6.45) is 1.35. The zero-order chi connectivity index (χ0) is 16.4. The number of aromatic nitrogens is 3. The summed E-state index contributed by atoms with van der Waals surface area (Å²) in [4.78, 5) is 28.4. The standard InChI is InChI=1S/C16H15N3O4/c1-10-13(11(2)23-18-10)8-22-15(20)7-19-9-17-14-6-4-3-5-12(14)16(19)21/h3-6,9H,7-8H2,1-2H3. The highest BCUT2D eigenvalue weighted by Crippen LogP contribution is 2.13. The topological polar surface area (TPSA) is 87.2 Å². The molecule has 23 heavy (non-hydrogen) atoms. The molecule has 0 saturated heterocycles. The van der Waals surface area contributed by atoms with Gasteiger partial charge >= 0.3 is 5.97 Å². The molecule has 3 aromatic rings. The summed E-state index contributed by atoms with van der Waals surface area (Å²) in [6.45, 7) is 3.40. The van der Waals surface area contributed by atoms with Crippen molar-refractivity contribution in [3.63, 3.8) is 0 Å². The molecule has 2 heterocycles. The number of rotatable bonds is 4. The van der Waals surface area contributed by atoms with Crippen LogP contribution in [0.3, 0.4) is 0 Å². The van der Waals surface area contributed by atoms with E-state index < -0.39 is 5.97 Å². The minimum atomic E-state index is -0.524. The molecule has 0 bridgehead atoms. The van der Waals surface area contributed by atoms with E-state index in [-0.39, 0.29) is 18.7 Å². The monoisotopic (exact) mass is 313 g/mol. The van der Waals surface area contributed by atoms with Crippen molar-refractivity contribution < 1.29 is 14.1 Å². The summed E-state index contributed by atoms with van der Waals surface area (Å²) in [6, 6.07) is 6.98. The molecule has 7 heteroatoms. The Morgan fingerprint density at radius 3 is 2.83 bits per heavy atom. The molecule has 0 aliphatic rings. The maximum Gasteiger partial charge on any atom is 0.326 e. The predicted molar refractivity (Wildman–Crippen MR) is 81.8 cm³/mol. The number of aryl methyl sites for hydroxylation is 2. The van der Waals surface area contributed by atoms with Crippen molar-refractivity contribution in [1.29, 1.82) is 0 Å². The Morgan fingerprint density at radius 2 is 2.09 bits per heavy atom. The maximum atomic E-state index is 12.3. The van der Waals surface area contributed by atoms with Crippen molar-refractivity contribution >= 4 is 16.9 Å². The summed E-state index contributed by atoms with van der Waals surface area (Å²) < 4.78 is 11.4. The minimum absolute atomic E-state index is 0.0652. The van der Waals surface area contributed by atoms with Gasteiger partial charge in [0.05, 0.1) is 28.5 Å². The molecule has 118 valence electrons. The third kappa shape index (κ3) is 2.98. The second kappa shape index (κ2) is 6.04. The normalized spacial score (nSPS) is 10.9. The lowest BCUT2D eigenvalue weighted by molar-refractivity contribution is -0.145. The van der Waals surface area contributed by atoms with Crippen LogP contribution in [0.4, 0.5) is 0 Å². The molecule has 2 aromatic heterocycles. The average molecular weight is 313 g/mol. The van der Waals surface area contributed by atoms with Gasteiger partial charge in [0.1, 0.15) is 18.9 Å². The molecule has 1 aromatic carbocycles. The Kier molecular flexibility index (Phi) is 3.92. The molecule has 0 unspecified atom stereocenters. The highest BCUT2D eigenvalue weighted by atomic mass is 16.5. The molecular weight excluding hydrogens is 298 g/mol. The first kappa shape index (κ1) is 15.0. The molecule has 0 spiro atoms. The third-order valence-corrected chi connectivity index (χ3v) is 3.59. The number of hydrogen-bond donors (Lipinski definition) is 0. The fourth-order valence-electron chi connectivity index (χ4n) is 2.26. The number of carbonyl (C=O) groups excluding carboxylic acids is 1. The van der Waals surface area contributed by atoms with Gasteiger partial charge in [-0.3, -0.25) is 14.2 Å². The van der Waals surface area contributed by atoms with E-state index in [0.29, 0.717) is 22.4 Å². The van der Waals surface area contributed by atoms with Crippen molar-refractivity contribution in [3.8, 4) is 0 Å². The smallest absolute Gasteiger partial charge is 0.326 e. The number of ether oxygens (including phenoxy) is 1. The van der Waals surface area contributed by atoms with Gasteiger partial charge in [-0.1, -0.05) is 17.3 Å². The highest BCUT2D eigenvalue weighted by molar-refractivity contribution is 5.77. The maximum absolute atomic E-state index is 12.3. The molecule has 3 rings (SSSR count). The van der Waals surface area contributed by atoms with Crippen LogP contribution in [-0.4, -0.2) is 20.7 Å². The van der Waals surface area contributed by atoms with Crippen molar-refractivity contribution in [1.82, 2.24) is 14.7 Å². The first-order chi connectivity index (χ1) is 11.1. The molecule has 0 atom stereocenters. The van der Waals surface area contributed by atoms with Crippen LogP contribution in [0.1, 0.15) is 17.0 Å². The van der Waals surface area contributed by atoms with E-state index in [4.69, 9.17) is 9.26 Å². The summed E-state index contributed by atoms with van der Waals surface area (Å²) in [5.41, 5.74) is 1.74. The van der Waals surface area contributed by atoms with Gasteiger partial charge in [0, 0.05) is 0 Å². The zero-order valence-electron chi connectivity index (χ0n) is 12.8. The van der Waals surface area contributed by atoms with E-state index in [0.717, 1.165) is 5.56 Å². The first-order valence-electron chi connectivity index (χ1n) is 7.08. The van der Waals surface area contributed by atoms with Gasteiger partial charge < -0.3 is 9.26 Å². The zero-order valence-corrected chi connectivity index (χ0v) is 12.8. The predicted octanol–water partition coefficient (Wildman–Crippen LogP) is 1.74. The van der Waals surface area contributed by atoms with E-state index >= 15 is 0 Å². The Balaban J connectivity index is 1.73. The van der Waals surface area contributed by atoms with E-state index in [1.807, 2.05) is 0 Å². The molecule has 0 aliphatic carbocycles. The number of nitrogens with zero attached hydrogens (tertiary/aromatic N) is 3. The van der Waals surface area contributed by atoms with Gasteiger partial charge in [-0.05, 0) is 26.0 Å². The number of fused-ring (bicyclic) bond motifs is 1. The van der Waals surface area contributed by atoms with Crippen molar-refractivity contribution in [2.75, 3.05) is 0 Å². The van der Waals surface area contributed by atoms with Crippen molar-refractivity contribution in [2.45, 2.75) is 27.0 Å². The summed E-state index contributed by atoms with van der Waals surface area (Å²) in [5.74, 6) is 0.0871. The Morgan fingerprint density at radius 1 is 1.30 bits per heavy atom. The molecule has 0 radical (unpaired) electrons. The van der Waals surface area contributed by atoms with Crippen LogP contribution in [-0.2, 0) is 22.7 Å². The van der Waals surface area contributed by atoms with Crippen LogP contribution in [0.25, 0.3) is 10.9 Å². The van der Waals surface area contributed by atoms with E-state index in [9.17, 15) is 9.59 Å². The number of carbonyl (C=O) groups is 1. The van der Waals surface area contributed by atoms with Gasteiger partial charge in [-0.15, -0.1) is 0 Å². The van der Waals surface area contributed by atoms with Crippen LogP contribution in [0.2, 0.25) is 0 Å². The van der Waals surface area contributed by atoms with Crippen LogP contribution in [0, 0.1) is 13.8 Å². The Bertz CT molecular complexity index is 907. The lowest BCUT2D eigenvalue weighted by atomic mass is 10.2. The van der Waals surface area contributed by atoms with Gasteiger partial charge in [-0.25, -0.2) is 4.98 Å². The number of benzene rings is 1. The molecule has 0 amide bonds. The van der Waals surface area contributed by atoms with Crippen LogP contribution < -0.4 is 5.56 Å². The van der Waals surface area contributed by atoms with Crippen LogP contribution >= 0.6 is 0 Å². The lowest BCUT2D eigenvalue weighted by Gasteiger charge is -2.07. The lowest BCUT2D eigenvalue weighted by Crippen LogP contribution is -2.25. The Labute approximate surface area is 131 Å². The summed E-state index contributed by atoms with van der Waals surface area (Å²) in [5, 5.41) is 4.26. The van der Waals surface area contributed by atoms with E-state index in [1.54, 1.807) is 38.1 Å². The van der Waals surface area contributed by atoms with E-state index in [2.05, 4.69) is 10.1 Å². The molecule has 0 fully saturated rings. The first-order valence-corrected chi connectivity index (χ1v) is 7.08. The van der Waals surface area contributed by atoms with Crippen LogP contribution in [0.5, 0.6) is 0 Å². The number of para-hydroxylation sites is 1. The summed E-state index contributed by atoms with van der Waals surface area (Å²) in [7, 11) is 0. The molecule has 0 saturated carbocycles. The van der Waals surface area contributed by atoms with Gasteiger partial charge in [0.25, 0.3) is 5.56 Å². The SMILES string of the molecule is Cc1noc(C)c1COC(=O)Cn1cnc2ccccc2c1=O. The number of esters is 1. The second-order valence-corrected chi connectivity index (χ2v) is 5.16. The quantitative estimate of drug-likeness (QED) is 0.682. The molecular formula is C16H15N3O4. The van der Waals surface area contributed by atoms with Gasteiger partial charge in [0.2, 0.25) is 0 Å². The summed E-state index contributed by atoms with van der Waals surface area (Å²) >= 11 is 0. The van der Waals surface area contributed by atoms with Crippen molar-refractivity contribution in [3.05, 3.63) is 58.0 Å². The minimum Gasteiger partial charge on any atom is -0.459 e. The molecule has 0 aliphatic heterocycles. The van der Waals surface area contributed by atoms with Crippen molar-refractivity contribution in [2.24, 2.45) is 0 Å². The van der Waals surface area contributed by atoms with E-state index in [1.165, 1.54) is 10.9 Å². The van der Waals surface area contributed by atoms with Crippen LogP contribution in [0.15, 0.2) is 39.9 Å².